The molecule has 1 aromatic carbocycles. The summed E-state index contributed by atoms with van der Waals surface area (Å²) in [5.74, 6) is -3.89. The Morgan fingerprint density at radius 3 is 2.71 bits per heavy atom. The van der Waals surface area contributed by atoms with Gasteiger partial charge in [-0.3, -0.25) is 0 Å². The van der Waals surface area contributed by atoms with E-state index in [9.17, 15) is 18.7 Å². The topological polar surface area (TPSA) is 65.0 Å². The standard InChI is InChI=1S/C14H16F2O5/c1-3-19-13(18)11(17)9-6-8(14(2,15)16)7-10-12(9)21-5-4-20-10/h6-7,11,17H,3-5H2,1-2H3. The Bertz CT molecular complexity index is 539. The molecule has 0 aromatic heterocycles. The lowest BCUT2D eigenvalue weighted by Crippen LogP contribution is -2.22. The van der Waals surface area contributed by atoms with E-state index in [0.717, 1.165) is 19.1 Å². The Balaban J connectivity index is 2.49. The Morgan fingerprint density at radius 1 is 1.43 bits per heavy atom. The highest BCUT2D eigenvalue weighted by Crippen LogP contribution is 2.42. The monoisotopic (exact) mass is 302 g/mol. The Morgan fingerprint density at radius 2 is 2.10 bits per heavy atom. The van der Waals surface area contributed by atoms with Crippen molar-refractivity contribution in [2.75, 3.05) is 19.8 Å². The van der Waals surface area contributed by atoms with Crippen LogP contribution in [0.3, 0.4) is 0 Å². The van der Waals surface area contributed by atoms with Crippen molar-refractivity contribution in [1.29, 1.82) is 0 Å². The largest absolute Gasteiger partial charge is 0.486 e. The highest BCUT2D eigenvalue weighted by Gasteiger charge is 2.33. The molecule has 0 radical (unpaired) electrons. The zero-order valence-electron chi connectivity index (χ0n) is 11.7. The van der Waals surface area contributed by atoms with Crippen LogP contribution in [0.25, 0.3) is 0 Å². The second kappa shape index (κ2) is 5.85. The molecule has 5 nitrogen and oxygen atoms in total. The summed E-state index contributed by atoms with van der Waals surface area (Å²) in [7, 11) is 0. The van der Waals surface area contributed by atoms with Crippen LogP contribution in [0.15, 0.2) is 12.1 Å². The van der Waals surface area contributed by atoms with Crippen molar-refractivity contribution < 1.29 is 32.9 Å². The van der Waals surface area contributed by atoms with Crippen molar-refractivity contribution >= 4 is 5.97 Å². The predicted octanol–water partition coefficient (Wildman–Crippen LogP) is 2.17. The maximum absolute atomic E-state index is 13.5. The van der Waals surface area contributed by atoms with Gasteiger partial charge in [0, 0.05) is 18.1 Å². The Labute approximate surface area is 120 Å². The normalized spacial score (nSPS) is 15.5. The van der Waals surface area contributed by atoms with Gasteiger partial charge < -0.3 is 19.3 Å². The fraction of sp³-hybridized carbons (Fsp3) is 0.500. The summed E-state index contributed by atoms with van der Waals surface area (Å²) in [6.45, 7) is 2.78. The number of hydrogen-bond donors (Lipinski definition) is 1. The second-order valence-corrected chi connectivity index (χ2v) is 4.63. The van der Waals surface area contributed by atoms with Gasteiger partial charge in [-0.1, -0.05) is 0 Å². The molecule has 0 saturated carbocycles. The Kier molecular flexibility index (Phi) is 4.32. The van der Waals surface area contributed by atoms with Crippen molar-refractivity contribution in [1.82, 2.24) is 0 Å². The first-order chi connectivity index (χ1) is 9.84. The molecule has 1 aromatic rings. The number of carbonyl (C=O) groups excluding carboxylic acids is 1. The summed E-state index contributed by atoms with van der Waals surface area (Å²) in [5.41, 5.74) is -0.452. The zero-order valence-corrected chi connectivity index (χ0v) is 11.7. The quantitative estimate of drug-likeness (QED) is 0.864. The van der Waals surface area contributed by atoms with E-state index in [1.54, 1.807) is 6.92 Å². The highest BCUT2D eigenvalue weighted by molar-refractivity contribution is 5.78. The highest BCUT2D eigenvalue weighted by atomic mass is 19.3. The van der Waals surface area contributed by atoms with E-state index >= 15 is 0 Å². The van der Waals surface area contributed by atoms with Gasteiger partial charge in [0.15, 0.2) is 17.6 Å². The maximum Gasteiger partial charge on any atom is 0.339 e. The van der Waals surface area contributed by atoms with E-state index in [-0.39, 0.29) is 42.4 Å². The van der Waals surface area contributed by atoms with Gasteiger partial charge in [0.2, 0.25) is 0 Å². The van der Waals surface area contributed by atoms with Crippen molar-refractivity contribution in [2.45, 2.75) is 25.9 Å². The molecule has 0 bridgehead atoms. The average Bonchev–Trinajstić information content (AvgIpc) is 2.44. The first-order valence-corrected chi connectivity index (χ1v) is 6.51. The first kappa shape index (κ1) is 15.5. The molecule has 1 aliphatic rings. The fourth-order valence-electron chi connectivity index (χ4n) is 1.99. The minimum atomic E-state index is -3.14. The molecule has 1 atom stereocenters. The van der Waals surface area contributed by atoms with Gasteiger partial charge in [-0.05, 0) is 19.1 Å². The molecule has 0 fully saturated rings. The third kappa shape index (κ3) is 3.24. The number of ether oxygens (including phenoxy) is 3. The molecule has 21 heavy (non-hydrogen) atoms. The Hall–Kier alpha value is -1.89. The van der Waals surface area contributed by atoms with Crippen LogP contribution in [0.4, 0.5) is 8.78 Å². The van der Waals surface area contributed by atoms with Crippen molar-refractivity contribution in [3.63, 3.8) is 0 Å². The molecular weight excluding hydrogens is 286 g/mol. The van der Waals surface area contributed by atoms with Crippen LogP contribution in [0.2, 0.25) is 0 Å². The van der Waals surface area contributed by atoms with E-state index in [4.69, 9.17) is 14.2 Å². The minimum absolute atomic E-state index is 0.0685. The molecule has 116 valence electrons. The number of esters is 1. The summed E-state index contributed by atoms with van der Waals surface area (Å²) in [4.78, 5) is 11.6. The fourth-order valence-corrected chi connectivity index (χ4v) is 1.99. The average molecular weight is 302 g/mol. The van der Waals surface area contributed by atoms with E-state index in [0.29, 0.717) is 0 Å². The van der Waals surface area contributed by atoms with E-state index in [1.165, 1.54) is 0 Å². The second-order valence-electron chi connectivity index (χ2n) is 4.63. The number of aliphatic hydroxyl groups is 1. The van der Waals surface area contributed by atoms with Crippen LogP contribution in [0.5, 0.6) is 11.5 Å². The molecule has 0 aliphatic carbocycles. The van der Waals surface area contributed by atoms with Crippen LogP contribution >= 0.6 is 0 Å². The van der Waals surface area contributed by atoms with Gasteiger partial charge >= 0.3 is 5.97 Å². The predicted molar refractivity (Wildman–Crippen MR) is 68.6 cm³/mol. The third-order valence-corrected chi connectivity index (χ3v) is 2.98. The van der Waals surface area contributed by atoms with Gasteiger partial charge in [-0.25, -0.2) is 13.6 Å². The van der Waals surface area contributed by atoms with Crippen molar-refractivity contribution in [3.8, 4) is 11.5 Å². The number of halogens is 2. The van der Waals surface area contributed by atoms with Gasteiger partial charge in [0.25, 0.3) is 5.92 Å². The van der Waals surface area contributed by atoms with Crippen LogP contribution in [-0.4, -0.2) is 30.9 Å². The SMILES string of the molecule is CCOC(=O)C(O)c1cc(C(C)(F)F)cc2c1OCCO2. The number of rotatable bonds is 4. The van der Waals surface area contributed by atoms with E-state index in [1.807, 2.05) is 0 Å². The molecule has 0 saturated heterocycles. The molecule has 7 heteroatoms. The van der Waals surface area contributed by atoms with Gasteiger partial charge in [0.1, 0.15) is 13.2 Å². The van der Waals surface area contributed by atoms with Gasteiger partial charge in [-0.2, -0.15) is 0 Å². The number of alkyl halides is 2. The van der Waals surface area contributed by atoms with Gasteiger partial charge in [-0.15, -0.1) is 0 Å². The summed E-state index contributed by atoms with van der Waals surface area (Å²) in [5, 5.41) is 10.0. The minimum Gasteiger partial charge on any atom is -0.486 e. The maximum atomic E-state index is 13.5. The van der Waals surface area contributed by atoms with Crippen LogP contribution in [0, 0.1) is 0 Å². The number of fused-ring (bicyclic) bond motifs is 1. The third-order valence-electron chi connectivity index (χ3n) is 2.98. The summed E-state index contributed by atoms with van der Waals surface area (Å²) < 4.78 is 42.3. The molecule has 0 spiro atoms. The van der Waals surface area contributed by atoms with E-state index in [2.05, 4.69) is 0 Å². The van der Waals surface area contributed by atoms with Crippen LogP contribution in [-0.2, 0) is 15.5 Å². The lowest BCUT2D eigenvalue weighted by atomic mass is 10.00. The van der Waals surface area contributed by atoms with Gasteiger partial charge in [0.05, 0.1) is 6.61 Å². The molecule has 0 amide bonds. The first-order valence-electron chi connectivity index (χ1n) is 6.51. The lowest BCUT2D eigenvalue weighted by Gasteiger charge is -2.25. The van der Waals surface area contributed by atoms with Crippen molar-refractivity contribution in [2.24, 2.45) is 0 Å². The number of hydrogen-bond acceptors (Lipinski definition) is 5. The molecule has 1 unspecified atom stereocenters. The molecule has 1 heterocycles. The number of benzene rings is 1. The smallest absolute Gasteiger partial charge is 0.339 e. The van der Waals surface area contributed by atoms with Crippen LogP contribution in [0.1, 0.15) is 31.1 Å². The molecular formula is C14H16F2O5. The number of aliphatic hydroxyl groups excluding tert-OH is 1. The lowest BCUT2D eigenvalue weighted by molar-refractivity contribution is -0.153. The van der Waals surface area contributed by atoms with E-state index < -0.39 is 18.0 Å². The molecule has 1 N–H and O–H groups in total. The molecule has 2 rings (SSSR count). The van der Waals surface area contributed by atoms with Crippen LogP contribution < -0.4 is 9.47 Å². The van der Waals surface area contributed by atoms with Crippen molar-refractivity contribution in [3.05, 3.63) is 23.3 Å². The summed E-state index contributed by atoms with van der Waals surface area (Å²) >= 11 is 0. The summed E-state index contributed by atoms with van der Waals surface area (Å²) in [6, 6.07) is 2.19. The molecule has 1 aliphatic heterocycles. The summed E-state index contributed by atoms with van der Waals surface area (Å²) in [6.07, 6.45) is -1.71. The zero-order chi connectivity index (χ0) is 15.6. The number of carbonyl (C=O) groups is 1.